The number of rotatable bonds is 7. The lowest BCUT2D eigenvalue weighted by Gasteiger charge is -2.29. The zero-order valence-corrected chi connectivity index (χ0v) is 24.1. The number of nitrogens with two attached hydrogens (primary N) is 1. The van der Waals surface area contributed by atoms with E-state index in [1.165, 1.54) is 31.4 Å². The lowest BCUT2D eigenvalue weighted by Crippen LogP contribution is -2.37. The number of carboxylic acid groups (broad SMARTS) is 2. The summed E-state index contributed by atoms with van der Waals surface area (Å²) >= 11 is 0. The van der Waals surface area contributed by atoms with Gasteiger partial charge in [-0.2, -0.15) is 0 Å². The van der Waals surface area contributed by atoms with Crippen molar-refractivity contribution in [2.45, 2.75) is 30.9 Å². The van der Waals surface area contributed by atoms with Crippen LogP contribution in [0.15, 0.2) is 54.1 Å². The number of hydrogen-bond donors (Lipinski definition) is 4. The first-order chi connectivity index (χ1) is 19.7. The van der Waals surface area contributed by atoms with Gasteiger partial charge in [-0.15, -0.1) is 0 Å². The normalized spacial score (nSPS) is 20.9. The molecule has 0 spiro atoms. The fourth-order valence-electron chi connectivity index (χ4n) is 4.71. The number of primary amides is 1. The van der Waals surface area contributed by atoms with Gasteiger partial charge in [-0.05, 0) is 50.5 Å². The molecule has 0 radical (unpaired) electrons. The zero-order chi connectivity index (χ0) is 30.7. The fourth-order valence-corrected chi connectivity index (χ4v) is 6.04. The molecule has 2 heterocycles. The summed E-state index contributed by atoms with van der Waals surface area (Å²) < 4.78 is 29.4. The first-order valence-corrected chi connectivity index (χ1v) is 15.1. The molecule has 2 amide bonds. The maximum atomic E-state index is 12.5. The molecular formula is C28H33N5O8S. The number of carboxylic acids is 2. The summed E-state index contributed by atoms with van der Waals surface area (Å²) in [6, 6.07) is 8.10. The molecular weight excluding hydrogens is 566 g/mol. The van der Waals surface area contributed by atoms with Crippen molar-refractivity contribution < 1.29 is 37.8 Å². The van der Waals surface area contributed by atoms with E-state index in [1.54, 1.807) is 30.3 Å². The molecule has 1 saturated heterocycles. The molecule has 224 valence electrons. The Labute approximate surface area is 243 Å². The van der Waals surface area contributed by atoms with Gasteiger partial charge in [0.05, 0.1) is 24.3 Å². The van der Waals surface area contributed by atoms with Crippen molar-refractivity contribution in [2.24, 2.45) is 11.1 Å². The van der Waals surface area contributed by atoms with E-state index in [0.29, 0.717) is 62.2 Å². The zero-order valence-electron chi connectivity index (χ0n) is 23.2. The number of benzene rings is 1. The van der Waals surface area contributed by atoms with Crippen LogP contribution in [0.2, 0.25) is 0 Å². The van der Waals surface area contributed by atoms with Gasteiger partial charge in [0.2, 0.25) is 0 Å². The molecule has 13 nitrogen and oxygen atoms in total. The van der Waals surface area contributed by atoms with E-state index in [4.69, 9.17) is 25.7 Å². The quantitative estimate of drug-likeness (QED) is 0.364. The second-order valence-electron chi connectivity index (χ2n) is 10.6. The van der Waals surface area contributed by atoms with E-state index < -0.39 is 38.0 Å². The molecule has 1 saturated carbocycles. The topological polar surface area (TPSA) is 202 Å². The minimum Gasteiger partial charge on any atom is -0.481 e. The molecule has 42 heavy (non-hydrogen) atoms. The Morgan fingerprint density at radius 1 is 1.07 bits per heavy atom. The van der Waals surface area contributed by atoms with Crippen LogP contribution in [0.25, 0.3) is 11.4 Å². The standard InChI is InChI=1S/C19H23N5O4S.C9H10O4/c1-29(26,27)19(6-7-19)15-12-16(24-8-10-28-11-9-24)23-17(22-15)13-2-4-14(5-3-13)21-18(20)25;1-9(8(12)13)4-2-3-6(5-9)7(10)11/h2-5,12H,6-11H2,1H3,(H3,20,21,25);2-4H,5H2,1H3,(H,10,11)(H,12,13). The van der Waals surface area contributed by atoms with Crippen LogP contribution in [-0.4, -0.2) is 79.1 Å². The Morgan fingerprint density at radius 2 is 1.71 bits per heavy atom. The van der Waals surface area contributed by atoms with Crippen LogP contribution in [0.3, 0.4) is 0 Å². The van der Waals surface area contributed by atoms with Crippen molar-refractivity contribution in [2.75, 3.05) is 42.8 Å². The number of amides is 2. The summed E-state index contributed by atoms with van der Waals surface area (Å²) in [4.78, 5) is 43.8. The molecule has 5 N–H and O–H groups in total. The van der Waals surface area contributed by atoms with Gasteiger partial charge < -0.3 is 30.9 Å². The van der Waals surface area contributed by atoms with Gasteiger partial charge in [-0.3, -0.25) is 4.79 Å². The van der Waals surface area contributed by atoms with E-state index in [-0.39, 0.29) is 12.0 Å². The highest BCUT2D eigenvalue weighted by atomic mass is 32.2. The molecule has 1 aromatic carbocycles. The molecule has 1 atom stereocenters. The number of sulfone groups is 1. The van der Waals surface area contributed by atoms with Crippen molar-refractivity contribution in [3.8, 4) is 11.4 Å². The van der Waals surface area contributed by atoms with Crippen molar-refractivity contribution in [1.29, 1.82) is 0 Å². The second-order valence-corrected chi connectivity index (χ2v) is 12.9. The smallest absolute Gasteiger partial charge is 0.331 e. The summed E-state index contributed by atoms with van der Waals surface area (Å²) in [5.74, 6) is -0.917. The lowest BCUT2D eigenvalue weighted by atomic mass is 9.80. The molecule has 3 aliphatic rings. The molecule has 1 aromatic heterocycles. The molecule has 0 bridgehead atoms. The maximum Gasteiger partial charge on any atom is 0.331 e. The molecule has 5 rings (SSSR count). The molecule has 1 unspecified atom stereocenters. The van der Waals surface area contributed by atoms with Gasteiger partial charge in [0, 0.05) is 42.2 Å². The number of ether oxygens (including phenoxy) is 1. The van der Waals surface area contributed by atoms with Crippen molar-refractivity contribution >= 4 is 39.3 Å². The molecule has 14 heteroatoms. The van der Waals surface area contributed by atoms with E-state index >= 15 is 0 Å². The number of aliphatic carboxylic acids is 2. The van der Waals surface area contributed by atoms with Gasteiger partial charge in [0.15, 0.2) is 15.7 Å². The predicted octanol–water partition coefficient (Wildman–Crippen LogP) is 2.55. The minimum atomic E-state index is -3.31. The van der Waals surface area contributed by atoms with Crippen molar-refractivity contribution in [1.82, 2.24) is 9.97 Å². The first-order valence-electron chi connectivity index (χ1n) is 13.2. The fraction of sp³-hybridized carbons (Fsp3) is 0.393. The van der Waals surface area contributed by atoms with Gasteiger partial charge in [0.25, 0.3) is 0 Å². The minimum absolute atomic E-state index is 0.0359. The average molecular weight is 600 g/mol. The molecule has 1 aliphatic heterocycles. The van der Waals surface area contributed by atoms with E-state index in [2.05, 4.69) is 15.2 Å². The summed E-state index contributed by atoms with van der Waals surface area (Å²) in [6.07, 6.45) is 6.82. The average Bonchev–Trinajstić information content (AvgIpc) is 3.77. The van der Waals surface area contributed by atoms with Crippen molar-refractivity contribution in [3.05, 3.63) is 59.8 Å². The Morgan fingerprint density at radius 3 is 2.24 bits per heavy atom. The number of carbonyl (C=O) groups excluding carboxylic acids is 1. The summed E-state index contributed by atoms with van der Waals surface area (Å²) in [5, 5.41) is 20.0. The Balaban J connectivity index is 0.000000262. The highest BCUT2D eigenvalue weighted by Gasteiger charge is 2.55. The third kappa shape index (κ3) is 6.77. The lowest BCUT2D eigenvalue weighted by molar-refractivity contribution is -0.145. The highest BCUT2D eigenvalue weighted by molar-refractivity contribution is 7.91. The third-order valence-corrected chi connectivity index (χ3v) is 9.46. The number of nitrogens with zero attached hydrogens (tertiary/aromatic N) is 3. The van der Waals surface area contributed by atoms with Gasteiger partial charge in [0.1, 0.15) is 10.6 Å². The third-order valence-electron chi connectivity index (χ3n) is 7.42. The number of nitrogens with one attached hydrogen (secondary N) is 1. The monoisotopic (exact) mass is 599 g/mol. The summed E-state index contributed by atoms with van der Waals surface area (Å²) in [7, 11) is -3.31. The van der Waals surface area contributed by atoms with Crippen molar-refractivity contribution in [3.63, 3.8) is 0 Å². The van der Waals surface area contributed by atoms with E-state index in [9.17, 15) is 22.8 Å². The number of urea groups is 1. The van der Waals surface area contributed by atoms with Crippen LogP contribution < -0.4 is 16.0 Å². The molecule has 2 aromatic rings. The van der Waals surface area contributed by atoms with Gasteiger partial charge >= 0.3 is 18.0 Å². The van der Waals surface area contributed by atoms with Crippen LogP contribution in [0, 0.1) is 5.41 Å². The predicted molar refractivity (Wildman–Crippen MR) is 155 cm³/mol. The highest BCUT2D eigenvalue weighted by Crippen LogP contribution is 2.52. The van der Waals surface area contributed by atoms with Gasteiger partial charge in [-0.1, -0.05) is 18.2 Å². The number of morpholine rings is 1. The van der Waals surface area contributed by atoms with Crippen LogP contribution in [0.5, 0.6) is 0 Å². The first kappa shape index (κ1) is 30.7. The Bertz CT molecular complexity index is 1540. The Kier molecular flexibility index (Phi) is 8.68. The number of anilines is 2. The largest absolute Gasteiger partial charge is 0.481 e. The van der Waals surface area contributed by atoms with E-state index in [1.807, 2.05) is 0 Å². The van der Waals surface area contributed by atoms with Crippen LogP contribution >= 0.6 is 0 Å². The van der Waals surface area contributed by atoms with Gasteiger partial charge in [-0.25, -0.2) is 28.0 Å². The molecule has 2 fully saturated rings. The maximum absolute atomic E-state index is 12.5. The van der Waals surface area contributed by atoms with Crippen LogP contribution in [0.1, 0.15) is 31.9 Å². The molecule has 2 aliphatic carbocycles. The number of hydrogen-bond acceptors (Lipinski definition) is 9. The van der Waals surface area contributed by atoms with Crippen LogP contribution in [0.4, 0.5) is 16.3 Å². The summed E-state index contributed by atoms with van der Waals surface area (Å²) in [5.41, 5.74) is 6.01. The second kappa shape index (κ2) is 11.9. The Hall–Kier alpha value is -4.30. The number of aromatic nitrogens is 2. The SMILES string of the molecule is CC1(C(=O)O)C=CC=C(C(=O)O)C1.CS(=O)(=O)C1(c2cc(N3CCOCC3)nc(-c3ccc(NC(N)=O)cc3)n2)CC1. The van der Waals surface area contributed by atoms with Crippen LogP contribution in [-0.2, 0) is 28.9 Å². The number of carbonyl (C=O) groups is 3. The van der Waals surface area contributed by atoms with E-state index in [0.717, 1.165) is 5.56 Å². The summed E-state index contributed by atoms with van der Waals surface area (Å²) in [6.45, 7) is 4.06. The number of allylic oxidation sites excluding steroid dienone is 2.